The molecule has 1 N–H and O–H groups in total. The minimum Gasteiger partial charge on any atom is -0.497 e. The van der Waals surface area contributed by atoms with Crippen LogP contribution >= 0.6 is 0 Å². The van der Waals surface area contributed by atoms with Crippen molar-refractivity contribution in [3.63, 3.8) is 0 Å². The predicted octanol–water partition coefficient (Wildman–Crippen LogP) is 1.95. The van der Waals surface area contributed by atoms with Crippen molar-refractivity contribution >= 4 is 22.8 Å². The monoisotopic (exact) mass is 481 g/mol. The van der Waals surface area contributed by atoms with Crippen molar-refractivity contribution in [3.05, 3.63) is 54.1 Å². The second-order valence-electron chi connectivity index (χ2n) is 8.38. The zero-order valence-electron chi connectivity index (χ0n) is 20.1. The number of nitrogens with one attached hydrogen (secondary N) is 1. The van der Waals surface area contributed by atoms with Gasteiger partial charge in [0.2, 0.25) is 11.8 Å². The molecule has 0 spiro atoms. The lowest BCUT2D eigenvalue weighted by atomic mass is 10.0. The number of para-hydroxylation sites is 1. The fourth-order valence-corrected chi connectivity index (χ4v) is 4.24. The minimum atomic E-state index is -0.857. The van der Waals surface area contributed by atoms with Gasteiger partial charge >= 0.3 is 0 Å². The molecular weight excluding hydrogens is 450 g/mol. The molecule has 10 nitrogen and oxygen atoms in total. The number of hydrogen-bond donors (Lipinski definition) is 1. The van der Waals surface area contributed by atoms with E-state index in [9.17, 15) is 9.59 Å². The summed E-state index contributed by atoms with van der Waals surface area (Å²) >= 11 is 0. The number of hydrogen-bond acceptors (Lipinski definition) is 7. The van der Waals surface area contributed by atoms with E-state index in [0.717, 1.165) is 18.4 Å². The molecule has 2 heterocycles. The van der Waals surface area contributed by atoms with Crippen LogP contribution in [0.2, 0.25) is 0 Å². The van der Waals surface area contributed by atoms with Crippen LogP contribution in [0.4, 0.5) is 0 Å². The summed E-state index contributed by atoms with van der Waals surface area (Å²) in [6, 6.07) is 13.8. The van der Waals surface area contributed by atoms with E-state index in [2.05, 4.69) is 15.6 Å². The number of aromatic nitrogens is 3. The first-order valence-electron chi connectivity index (χ1n) is 11.7. The van der Waals surface area contributed by atoms with Gasteiger partial charge in [-0.3, -0.25) is 9.59 Å². The van der Waals surface area contributed by atoms with Gasteiger partial charge in [0.1, 0.15) is 23.9 Å². The highest BCUT2D eigenvalue weighted by molar-refractivity contribution is 5.89. The number of rotatable bonds is 11. The Morgan fingerprint density at radius 1 is 1.20 bits per heavy atom. The highest BCUT2D eigenvalue weighted by Gasteiger charge is 2.34. The SMILES string of the molecule is COCCNC(=O)[C@H](c1ccc(OC)cc1)N(C[C@@H]1CCCO1)C(=O)Cn1nnc2ccccc21. The molecule has 0 radical (unpaired) electrons. The van der Waals surface area contributed by atoms with E-state index in [4.69, 9.17) is 14.2 Å². The molecule has 3 aromatic rings. The number of benzene rings is 2. The molecule has 1 aliphatic rings. The lowest BCUT2D eigenvalue weighted by Crippen LogP contribution is -2.48. The van der Waals surface area contributed by atoms with Gasteiger partial charge in [0.05, 0.1) is 25.3 Å². The van der Waals surface area contributed by atoms with E-state index >= 15 is 0 Å². The minimum absolute atomic E-state index is 0.0504. The van der Waals surface area contributed by atoms with Gasteiger partial charge in [-0.1, -0.05) is 29.5 Å². The summed E-state index contributed by atoms with van der Waals surface area (Å²) in [6.07, 6.45) is 1.61. The summed E-state index contributed by atoms with van der Waals surface area (Å²) in [6.45, 7) is 1.59. The van der Waals surface area contributed by atoms with Crippen molar-refractivity contribution in [2.75, 3.05) is 40.5 Å². The van der Waals surface area contributed by atoms with Crippen LogP contribution in [0.1, 0.15) is 24.4 Å². The first-order chi connectivity index (χ1) is 17.1. The number of ether oxygens (including phenoxy) is 3. The molecule has 4 rings (SSSR count). The van der Waals surface area contributed by atoms with Gasteiger partial charge in [-0.05, 0) is 42.7 Å². The average molecular weight is 482 g/mol. The van der Waals surface area contributed by atoms with E-state index < -0.39 is 6.04 Å². The maximum Gasteiger partial charge on any atom is 0.247 e. The molecule has 35 heavy (non-hydrogen) atoms. The van der Waals surface area contributed by atoms with Crippen LogP contribution in [0.15, 0.2) is 48.5 Å². The zero-order chi connectivity index (χ0) is 24.6. The maximum atomic E-state index is 13.8. The molecule has 1 aliphatic heterocycles. The molecule has 2 aromatic carbocycles. The second kappa shape index (κ2) is 11.8. The van der Waals surface area contributed by atoms with E-state index in [1.54, 1.807) is 48.1 Å². The van der Waals surface area contributed by atoms with Crippen molar-refractivity contribution in [1.29, 1.82) is 0 Å². The molecule has 2 atom stereocenters. The maximum absolute atomic E-state index is 13.8. The van der Waals surface area contributed by atoms with Gasteiger partial charge in [-0.2, -0.15) is 0 Å². The summed E-state index contributed by atoms with van der Waals surface area (Å²) in [4.78, 5) is 28.8. The Bertz CT molecular complexity index is 1130. The first kappa shape index (κ1) is 24.6. The second-order valence-corrected chi connectivity index (χ2v) is 8.38. The van der Waals surface area contributed by atoms with Crippen LogP contribution in [-0.4, -0.2) is 78.3 Å². The Labute approximate surface area is 204 Å². The number of carbonyl (C=O) groups excluding carboxylic acids is 2. The summed E-state index contributed by atoms with van der Waals surface area (Å²) in [5.74, 6) is 0.124. The Morgan fingerprint density at radius 3 is 2.71 bits per heavy atom. The molecule has 1 aromatic heterocycles. The van der Waals surface area contributed by atoms with E-state index in [0.29, 0.717) is 43.1 Å². The Morgan fingerprint density at radius 2 is 2.00 bits per heavy atom. The number of amides is 2. The quantitative estimate of drug-likeness (QED) is 0.417. The van der Waals surface area contributed by atoms with Gasteiger partial charge in [-0.25, -0.2) is 4.68 Å². The zero-order valence-corrected chi connectivity index (χ0v) is 20.1. The Hall–Kier alpha value is -3.50. The summed E-state index contributed by atoms with van der Waals surface area (Å²) in [5, 5.41) is 11.2. The van der Waals surface area contributed by atoms with Crippen LogP contribution in [0.5, 0.6) is 5.75 Å². The standard InChI is InChI=1S/C25H31N5O5/c1-33-15-13-26-25(32)24(18-9-11-19(34-2)12-10-18)29(16-20-6-5-14-35-20)23(31)17-30-22-8-4-3-7-21(22)27-28-30/h3-4,7-12,20,24H,5-6,13-17H2,1-2H3,(H,26,32)/t20-,24-/m0/s1. The first-order valence-corrected chi connectivity index (χ1v) is 11.7. The molecule has 1 fully saturated rings. The third-order valence-corrected chi connectivity index (χ3v) is 6.05. The lowest BCUT2D eigenvalue weighted by molar-refractivity contribution is -0.143. The van der Waals surface area contributed by atoms with Crippen molar-refractivity contribution in [2.45, 2.75) is 31.5 Å². The van der Waals surface area contributed by atoms with Crippen LogP contribution < -0.4 is 10.1 Å². The Balaban J connectivity index is 1.66. The molecule has 186 valence electrons. The van der Waals surface area contributed by atoms with Gasteiger partial charge in [0.15, 0.2) is 0 Å². The fraction of sp³-hybridized carbons (Fsp3) is 0.440. The van der Waals surface area contributed by atoms with Crippen molar-refractivity contribution in [3.8, 4) is 5.75 Å². The van der Waals surface area contributed by atoms with Crippen LogP contribution in [0.25, 0.3) is 11.0 Å². The third kappa shape index (κ3) is 5.95. The molecule has 0 unspecified atom stereocenters. The fourth-order valence-electron chi connectivity index (χ4n) is 4.24. The molecule has 0 aliphatic carbocycles. The van der Waals surface area contributed by atoms with E-state index in [1.165, 1.54) is 0 Å². The predicted molar refractivity (Wildman–Crippen MR) is 129 cm³/mol. The average Bonchev–Trinajstić information content (AvgIpc) is 3.54. The highest BCUT2D eigenvalue weighted by Crippen LogP contribution is 2.27. The largest absolute Gasteiger partial charge is 0.497 e. The molecule has 1 saturated heterocycles. The third-order valence-electron chi connectivity index (χ3n) is 6.05. The highest BCUT2D eigenvalue weighted by atomic mass is 16.5. The van der Waals surface area contributed by atoms with Crippen molar-refractivity contribution in [2.24, 2.45) is 0 Å². The lowest BCUT2D eigenvalue weighted by Gasteiger charge is -2.33. The van der Waals surface area contributed by atoms with Crippen LogP contribution in [-0.2, 0) is 25.6 Å². The summed E-state index contributed by atoms with van der Waals surface area (Å²) in [7, 11) is 3.16. The van der Waals surface area contributed by atoms with Gasteiger partial charge < -0.3 is 24.4 Å². The van der Waals surface area contributed by atoms with E-state index in [-0.39, 0.29) is 24.5 Å². The number of fused-ring (bicyclic) bond motifs is 1. The smallest absolute Gasteiger partial charge is 0.247 e. The van der Waals surface area contributed by atoms with Crippen molar-refractivity contribution < 1.29 is 23.8 Å². The number of carbonyl (C=O) groups is 2. The van der Waals surface area contributed by atoms with Gasteiger partial charge in [0, 0.05) is 26.8 Å². The molecule has 0 bridgehead atoms. The molecule has 0 saturated carbocycles. The van der Waals surface area contributed by atoms with Crippen LogP contribution in [0, 0.1) is 0 Å². The summed E-state index contributed by atoms with van der Waals surface area (Å²) in [5.41, 5.74) is 2.13. The topological polar surface area (TPSA) is 108 Å². The Kier molecular flexibility index (Phi) is 8.27. The summed E-state index contributed by atoms with van der Waals surface area (Å²) < 4.78 is 17.8. The van der Waals surface area contributed by atoms with Gasteiger partial charge in [0.25, 0.3) is 0 Å². The molecular formula is C25H31N5O5. The molecule has 10 heteroatoms. The molecule has 2 amide bonds. The van der Waals surface area contributed by atoms with E-state index in [1.807, 2.05) is 24.3 Å². The van der Waals surface area contributed by atoms with Crippen LogP contribution in [0.3, 0.4) is 0 Å². The van der Waals surface area contributed by atoms with Gasteiger partial charge in [-0.15, -0.1) is 5.10 Å². The number of methoxy groups -OCH3 is 2. The number of nitrogens with zero attached hydrogens (tertiary/aromatic N) is 4. The van der Waals surface area contributed by atoms with Crippen molar-refractivity contribution in [1.82, 2.24) is 25.2 Å². The normalized spacial score (nSPS) is 16.2.